The molecule has 10 nitrogen and oxygen atoms in total. The molecule has 0 aliphatic carbocycles. The van der Waals surface area contributed by atoms with Gasteiger partial charge in [-0.1, -0.05) is 72.1 Å². The summed E-state index contributed by atoms with van der Waals surface area (Å²) in [6, 6.07) is 11.7. The van der Waals surface area contributed by atoms with Crippen LogP contribution in [0.2, 0.25) is 0 Å². The molecule has 4 aromatic rings. The number of hydrogen-bond acceptors (Lipinski definition) is 8. The number of aromatic nitrogens is 5. The van der Waals surface area contributed by atoms with Gasteiger partial charge in [-0.25, -0.2) is 14.8 Å². The van der Waals surface area contributed by atoms with Crippen molar-refractivity contribution in [2.24, 2.45) is 5.41 Å². The van der Waals surface area contributed by atoms with Gasteiger partial charge < -0.3 is 18.9 Å². The lowest BCUT2D eigenvalue weighted by Crippen LogP contribution is -2.63. The predicted molar refractivity (Wildman–Crippen MR) is 189 cm³/mol. The number of nitriles is 1. The fourth-order valence-corrected chi connectivity index (χ4v) is 6.56. The first kappa shape index (κ1) is 35.1. The van der Waals surface area contributed by atoms with Crippen LogP contribution in [0.25, 0.3) is 22.3 Å². The standard InChI is InChI=1S/C38H51N7O3/c1-37(2,3)19-12-10-8-6-5-7-9-11-13-23-48-29-43-22-18-33-34(40-28-41-35(33)43)31-24-42-45(25-31)38(20-21-39)26-44(27-38)32-16-14-30(15-17-32)36(46)47-4/h14-18,22,24-25,28H,5-13,19-20,23,26-27,29H2,1-4H3. The molecule has 0 radical (unpaired) electrons. The van der Waals surface area contributed by atoms with E-state index in [0.29, 0.717) is 37.2 Å². The zero-order valence-electron chi connectivity index (χ0n) is 29.2. The summed E-state index contributed by atoms with van der Waals surface area (Å²) in [5.41, 5.74) is 4.02. The number of carbonyl (C=O) groups excluding carboxylic acids is 1. The highest BCUT2D eigenvalue weighted by atomic mass is 16.5. The van der Waals surface area contributed by atoms with Gasteiger partial charge in [0.15, 0.2) is 0 Å². The average Bonchev–Trinajstić information content (AvgIpc) is 3.72. The number of esters is 1. The van der Waals surface area contributed by atoms with Gasteiger partial charge in [-0.2, -0.15) is 10.4 Å². The van der Waals surface area contributed by atoms with Crippen molar-refractivity contribution in [3.05, 3.63) is 60.8 Å². The molecule has 3 aromatic heterocycles. The SMILES string of the molecule is COC(=O)c1ccc(N2CC(CC#N)(n3cc(-c4ncnc5c4ccn5COCCCCCCCCCCCC(C)(C)C)cn3)C2)cc1. The molecule has 0 spiro atoms. The zero-order chi connectivity index (χ0) is 34.0. The van der Waals surface area contributed by atoms with E-state index < -0.39 is 5.54 Å². The van der Waals surface area contributed by atoms with E-state index in [9.17, 15) is 10.1 Å². The van der Waals surface area contributed by atoms with E-state index in [1.807, 2.05) is 46.0 Å². The Kier molecular flexibility index (Phi) is 11.9. The van der Waals surface area contributed by atoms with Crippen molar-refractivity contribution >= 4 is 22.7 Å². The highest BCUT2D eigenvalue weighted by Gasteiger charge is 2.45. The molecule has 1 aliphatic heterocycles. The van der Waals surface area contributed by atoms with Crippen molar-refractivity contribution in [1.82, 2.24) is 24.3 Å². The van der Waals surface area contributed by atoms with Gasteiger partial charge in [0.2, 0.25) is 0 Å². The highest BCUT2D eigenvalue weighted by molar-refractivity contribution is 5.91. The molecular formula is C38H51N7O3. The predicted octanol–water partition coefficient (Wildman–Crippen LogP) is 8.13. The van der Waals surface area contributed by atoms with E-state index in [1.165, 1.54) is 64.9 Å². The number of carbonyl (C=O) groups is 1. The molecule has 0 atom stereocenters. The summed E-state index contributed by atoms with van der Waals surface area (Å²) in [7, 11) is 1.37. The third-order valence-electron chi connectivity index (χ3n) is 9.38. The average molecular weight is 654 g/mol. The highest BCUT2D eigenvalue weighted by Crippen LogP contribution is 2.37. The molecule has 0 amide bonds. The second-order valence-corrected chi connectivity index (χ2v) is 14.4. The molecule has 1 aliphatic rings. The lowest BCUT2D eigenvalue weighted by atomic mass is 9.86. The maximum absolute atomic E-state index is 11.8. The molecule has 0 N–H and O–H groups in total. The third-order valence-corrected chi connectivity index (χ3v) is 9.38. The molecule has 1 saturated heterocycles. The number of methoxy groups -OCH3 is 1. The Morgan fingerprint density at radius 1 is 0.958 bits per heavy atom. The van der Waals surface area contributed by atoms with Crippen LogP contribution in [-0.2, 0) is 21.7 Å². The number of unbranched alkanes of at least 4 members (excludes halogenated alkanes) is 8. The van der Waals surface area contributed by atoms with Crippen LogP contribution >= 0.6 is 0 Å². The monoisotopic (exact) mass is 653 g/mol. The van der Waals surface area contributed by atoms with Crippen molar-refractivity contribution in [3.63, 3.8) is 0 Å². The van der Waals surface area contributed by atoms with Gasteiger partial charge in [0.05, 0.1) is 37.1 Å². The number of ether oxygens (including phenoxy) is 2. The van der Waals surface area contributed by atoms with Gasteiger partial charge in [-0.15, -0.1) is 0 Å². The normalized spacial score (nSPS) is 14.2. The Bertz CT molecular complexity index is 1660. The summed E-state index contributed by atoms with van der Waals surface area (Å²) in [5, 5.41) is 15.3. The van der Waals surface area contributed by atoms with E-state index in [-0.39, 0.29) is 5.97 Å². The summed E-state index contributed by atoms with van der Waals surface area (Å²) in [6.07, 6.45) is 20.7. The Morgan fingerprint density at radius 3 is 2.31 bits per heavy atom. The lowest BCUT2D eigenvalue weighted by Gasteiger charge is -2.50. The maximum Gasteiger partial charge on any atom is 0.337 e. The van der Waals surface area contributed by atoms with Gasteiger partial charge in [-0.3, -0.25) is 4.68 Å². The van der Waals surface area contributed by atoms with Crippen LogP contribution in [0.15, 0.2) is 55.2 Å². The van der Waals surface area contributed by atoms with Crippen molar-refractivity contribution in [1.29, 1.82) is 5.26 Å². The Labute approximate surface area is 285 Å². The van der Waals surface area contributed by atoms with E-state index in [1.54, 1.807) is 18.5 Å². The fourth-order valence-electron chi connectivity index (χ4n) is 6.56. The Morgan fingerprint density at radius 2 is 1.65 bits per heavy atom. The number of benzene rings is 1. The molecule has 256 valence electrons. The number of rotatable bonds is 18. The first-order valence-electron chi connectivity index (χ1n) is 17.5. The Hall–Kier alpha value is -4.23. The molecular weight excluding hydrogens is 602 g/mol. The van der Waals surface area contributed by atoms with Crippen molar-refractivity contribution < 1.29 is 14.3 Å². The lowest BCUT2D eigenvalue weighted by molar-refractivity contribution is 0.0600. The summed E-state index contributed by atoms with van der Waals surface area (Å²) < 4.78 is 14.8. The zero-order valence-corrected chi connectivity index (χ0v) is 29.2. The van der Waals surface area contributed by atoms with Gasteiger partial charge in [0.1, 0.15) is 24.2 Å². The summed E-state index contributed by atoms with van der Waals surface area (Å²) in [6.45, 7) is 9.44. The van der Waals surface area contributed by atoms with Gasteiger partial charge in [0.25, 0.3) is 0 Å². The second kappa shape index (κ2) is 16.2. The second-order valence-electron chi connectivity index (χ2n) is 14.4. The quantitative estimate of drug-likeness (QED) is 0.0782. The number of fused-ring (bicyclic) bond motifs is 1. The summed E-state index contributed by atoms with van der Waals surface area (Å²) >= 11 is 0. The van der Waals surface area contributed by atoms with Crippen LogP contribution < -0.4 is 4.90 Å². The van der Waals surface area contributed by atoms with Crippen LogP contribution in [0, 0.1) is 16.7 Å². The molecule has 48 heavy (non-hydrogen) atoms. The van der Waals surface area contributed by atoms with Crippen molar-refractivity contribution in [2.45, 2.75) is 104 Å². The smallest absolute Gasteiger partial charge is 0.337 e. The topological polar surface area (TPSA) is 111 Å². The number of anilines is 1. The fraction of sp³-hybridized carbons (Fsp3) is 0.553. The molecule has 4 heterocycles. The minimum atomic E-state index is -0.453. The van der Waals surface area contributed by atoms with Crippen LogP contribution in [0.4, 0.5) is 5.69 Å². The largest absolute Gasteiger partial charge is 0.465 e. The van der Waals surface area contributed by atoms with E-state index >= 15 is 0 Å². The summed E-state index contributed by atoms with van der Waals surface area (Å²) in [4.78, 5) is 23.2. The van der Waals surface area contributed by atoms with Crippen LogP contribution in [0.5, 0.6) is 0 Å². The molecule has 0 unspecified atom stereocenters. The van der Waals surface area contributed by atoms with E-state index in [4.69, 9.17) is 14.6 Å². The van der Waals surface area contributed by atoms with E-state index in [0.717, 1.165) is 41.0 Å². The molecule has 0 bridgehead atoms. The van der Waals surface area contributed by atoms with E-state index in [2.05, 4.69) is 41.7 Å². The number of hydrogen-bond donors (Lipinski definition) is 0. The van der Waals surface area contributed by atoms with Crippen LogP contribution in [0.3, 0.4) is 0 Å². The van der Waals surface area contributed by atoms with Crippen LogP contribution in [0.1, 0.15) is 102 Å². The Balaban J connectivity index is 1.09. The van der Waals surface area contributed by atoms with Gasteiger partial charge in [-0.05, 0) is 48.6 Å². The van der Waals surface area contributed by atoms with Crippen molar-refractivity contribution in [2.75, 3.05) is 31.7 Å². The van der Waals surface area contributed by atoms with Gasteiger partial charge in [0, 0.05) is 48.7 Å². The molecule has 1 aromatic carbocycles. The van der Waals surface area contributed by atoms with Crippen LogP contribution in [-0.4, -0.2) is 57.1 Å². The number of nitrogens with zero attached hydrogens (tertiary/aromatic N) is 7. The minimum absolute atomic E-state index is 0.329. The molecule has 5 rings (SSSR count). The minimum Gasteiger partial charge on any atom is -0.465 e. The maximum atomic E-state index is 11.8. The third kappa shape index (κ3) is 8.81. The van der Waals surface area contributed by atoms with Gasteiger partial charge >= 0.3 is 5.97 Å². The molecule has 0 saturated carbocycles. The summed E-state index contributed by atoms with van der Waals surface area (Å²) in [5.74, 6) is -0.362. The first-order chi connectivity index (χ1) is 23.2. The van der Waals surface area contributed by atoms with Crippen molar-refractivity contribution in [3.8, 4) is 17.3 Å². The first-order valence-corrected chi connectivity index (χ1v) is 17.5. The molecule has 1 fully saturated rings. The molecule has 10 heteroatoms.